The van der Waals surface area contributed by atoms with Gasteiger partial charge in [0.15, 0.2) is 5.96 Å². The van der Waals surface area contributed by atoms with Crippen molar-refractivity contribution < 1.29 is 77.0 Å². The number of nitrogens with two attached hydrogens (primary N) is 3. The number of guanidine groups is 1. The molecule has 13 amide bonds. The zero-order valence-corrected chi connectivity index (χ0v) is 56.7. The van der Waals surface area contributed by atoms with Crippen molar-refractivity contribution in [3.63, 3.8) is 0 Å². The van der Waals surface area contributed by atoms with Gasteiger partial charge in [0.1, 0.15) is 59.7 Å². The minimum Gasteiger partial charge on any atom is -0.481 e. The second-order valence-electron chi connectivity index (χ2n) is 26.1. The average molecular weight is 1310 g/mol. The highest BCUT2D eigenvalue weighted by Crippen LogP contribution is 2.19. The predicted molar refractivity (Wildman–Crippen MR) is 342 cm³/mol. The fraction of sp³-hybridized carbons (Fsp3) is 0.750. The Kier molecular flexibility index (Phi) is 37.0. The Hall–Kier alpha value is -8.19. The molecule has 92 heavy (non-hydrogen) atoms. The van der Waals surface area contributed by atoms with E-state index in [1.165, 1.54) is 34.6 Å². The van der Waals surface area contributed by atoms with Gasteiger partial charge in [-0.25, -0.2) is 4.79 Å². The molecule has 32 heteroatoms. The van der Waals surface area contributed by atoms with Gasteiger partial charge in [0.2, 0.25) is 65.0 Å². The molecular formula is C60H108N16O16. The van der Waals surface area contributed by atoms with E-state index in [0.29, 0.717) is 6.42 Å². The van der Waals surface area contributed by atoms with Crippen LogP contribution in [0.1, 0.15) is 181 Å². The first-order valence-electron chi connectivity index (χ1n) is 31.2. The molecule has 0 radical (unpaired) electrons. The van der Waals surface area contributed by atoms with Gasteiger partial charge in [0.25, 0.3) is 0 Å². The van der Waals surface area contributed by atoms with Crippen molar-refractivity contribution in [3.05, 3.63) is 0 Å². The van der Waals surface area contributed by atoms with Crippen LogP contribution in [0, 0.1) is 17.8 Å². The number of primary amides is 1. The minimum absolute atomic E-state index is 0.00707. The Morgan fingerprint density at radius 2 is 0.989 bits per heavy atom. The first-order chi connectivity index (χ1) is 42.4. The topological polar surface area (TPSA) is 503 Å². The van der Waals surface area contributed by atoms with Gasteiger partial charge in [-0.05, 0) is 131 Å². The number of aliphatic carboxylic acids is 1. The maximum Gasteiger partial charge on any atom is 0.312 e. The molecule has 0 aliphatic heterocycles. The van der Waals surface area contributed by atoms with Crippen molar-refractivity contribution in [3.8, 4) is 0 Å². The Bertz CT molecular complexity index is 2570. The zero-order valence-electron chi connectivity index (χ0n) is 56.7. The molecular weight excluding hydrogens is 1200 g/mol. The van der Waals surface area contributed by atoms with Crippen molar-refractivity contribution >= 4 is 88.7 Å². The van der Waals surface area contributed by atoms with Crippen LogP contribution in [0.5, 0.6) is 0 Å². The zero-order chi connectivity index (χ0) is 71.0. The molecule has 19 N–H and O–H groups in total. The molecule has 0 bridgehead atoms. The number of rotatable bonds is 44. The van der Waals surface area contributed by atoms with E-state index in [9.17, 15) is 72.2 Å². The fourth-order valence-corrected chi connectivity index (χ4v) is 9.19. The second-order valence-corrected chi connectivity index (χ2v) is 26.1. The van der Waals surface area contributed by atoms with Gasteiger partial charge in [-0.1, -0.05) is 48.5 Å². The summed E-state index contributed by atoms with van der Waals surface area (Å²) in [5, 5.41) is 40.3. The van der Waals surface area contributed by atoms with E-state index in [2.05, 4.69) is 68.8 Å². The van der Waals surface area contributed by atoms with Crippen LogP contribution in [-0.4, -0.2) is 185 Å². The summed E-state index contributed by atoms with van der Waals surface area (Å²) in [7, 11) is 0. The summed E-state index contributed by atoms with van der Waals surface area (Å²) in [4.78, 5) is 188. The highest BCUT2D eigenvalue weighted by Gasteiger charge is 2.38. The number of hydrogen-bond acceptors (Lipinski definition) is 16. The minimum atomic E-state index is -1.76. The van der Waals surface area contributed by atoms with Crippen LogP contribution in [-0.2, 0) is 67.1 Å². The molecule has 0 aliphatic carbocycles. The van der Waals surface area contributed by atoms with Gasteiger partial charge in [-0.15, -0.1) is 0 Å². The third-order valence-electron chi connectivity index (χ3n) is 13.9. The van der Waals surface area contributed by atoms with Crippen molar-refractivity contribution in [2.24, 2.45) is 39.9 Å². The number of Topliss-reactive ketones (excluding diaryl/α,β-unsaturated/α-hetero) is 1. The molecule has 0 aromatic heterocycles. The molecule has 0 aromatic rings. The molecule has 0 rings (SSSR count). The molecule has 0 aliphatic rings. The number of carbonyl (C=O) groups excluding carboxylic acids is 13. The first-order valence-corrected chi connectivity index (χ1v) is 31.2. The summed E-state index contributed by atoms with van der Waals surface area (Å²) in [6, 6.07) is -11.5. The third kappa shape index (κ3) is 36.0. The average Bonchev–Trinajstić information content (AvgIpc) is 1.24. The van der Waals surface area contributed by atoms with E-state index in [4.69, 9.17) is 21.9 Å². The van der Waals surface area contributed by atoms with Crippen molar-refractivity contribution in [2.75, 3.05) is 26.2 Å². The van der Waals surface area contributed by atoms with Gasteiger partial charge >= 0.3 is 12.0 Å². The number of carbonyl (C=O) groups is 14. The van der Waals surface area contributed by atoms with Crippen LogP contribution in [0.3, 0.4) is 0 Å². The van der Waals surface area contributed by atoms with Gasteiger partial charge in [-0.3, -0.25) is 67.3 Å². The number of nitrogens with zero attached hydrogens (tertiary/aromatic N) is 1. The molecule has 0 saturated carbocycles. The van der Waals surface area contributed by atoms with E-state index in [1.807, 2.05) is 13.8 Å². The lowest BCUT2D eigenvalue weighted by atomic mass is 9.96. The Balaban J connectivity index is 6.37. The monoisotopic (exact) mass is 1310 g/mol. The van der Waals surface area contributed by atoms with Crippen LogP contribution >= 0.6 is 0 Å². The first kappa shape index (κ1) is 83.8. The lowest BCUT2D eigenvalue weighted by Crippen LogP contribution is -2.63. The number of nitrogens with one attached hydrogen (secondary N) is 12. The van der Waals surface area contributed by atoms with Crippen molar-refractivity contribution in [1.29, 1.82) is 0 Å². The molecule has 0 spiro atoms. The molecule has 0 heterocycles. The highest BCUT2D eigenvalue weighted by atomic mass is 16.5. The van der Waals surface area contributed by atoms with Gasteiger partial charge in [0, 0.05) is 38.6 Å². The van der Waals surface area contributed by atoms with E-state index in [0.717, 1.165) is 0 Å². The second kappa shape index (κ2) is 40.6. The summed E-state index contributed by atoms with van der Waals surface area (Å²) in [5.74, 6) is -11.1. The number of amides is 13. The van der Waals surface area contributed by atoms with E-state index in [-0.39, 0.29) is 107 Å². The van der Waals surface area contributed by atoms with Gasteiger partial charge in [-0.2, -0.15) is 0 Å². The Morgan fingerprint density at radius 3 is 1.48 bits per heavy atom. The molecule has 0 fully saturated rings. The summed E-state index contributed by atoms with van der Waals surface area (Å²) in [6.45, 7) is 25.8. The van der Waals surface area contributed by atoms with Crippen LogP contribution in [0.15, 0.2) is 4.99 Å². The Labute approximate surface area is 540 Å². The van der Waals surface area contributed by atoms with E-state index < -0.39 is 155 Å². The molecule has 524 valence electrons. The third-order valence-corrected chi connectivity index (χ3v) is 13.9. The normalized spacial score (nSPS) is 14.2. The molecule has 8 atom stereocenters. The SMILES string of the molecule is CC[C@H](NC(=O)[C@H](C)NC(=O)[C@H](CC(C)C)NC(=O)[C@H](CC(=O)O)NC(=O)CNC(=O)[C@H](CCCN=C(N)N)NC(C)=O)C(=O)N[C@@H](CC(C)C)C(=O)N[C@@H](CCCNC(N)=O)C(=O)NC(C)(C)C(=O)N[C@@H](CC(C)C)C(=O)NC(C)(C)CCOC(C)(C)CC(C)=O. The van der Waals surface area contributed by atoms with E-state index >= 15 is 0 Å². The summed E-state index contributed by atoms with van der Waals surface area (Å²) in [5.41, 5.74) is 12.7. The molecule has 32 nitrogen and oxygen atoms in total. The Morgan fingerprint density at radius 1 is 0.522 bits per heavy atom. The van der Waals surface area contributed by atoms with Crippen LogP contribution < -0.4 is 81.0 Å². The van der Waals surface area contributed by atoms with E-state index in [1.54, 1.807) is 62.3 Å². The standard InChI is InChI=1S/C60H108N16O16/c1-17-38(70-47(82)36(9)67-50(85)41(26-32(2)3)73-52(87)44(29-46(80)81)69-45(79)31-66-48(83)39(68-37(10)78)20-18-23-64-56(61)62)49(84)72-42(27-33(4)5)51(86)71-40(21-19-24-65-57(63)91)53(88)76-60(15,16)55(90)74-43(28-34(6)7)54(89)75-58(11,12)22-25-92-59(13,14)30-35(8)77/h32-34,36,38-44H,17-31H2,1-16H3,(H,66,83)(H,67,85)(H,68,78)(H,69,79)(H,70,82)(H,71,86)(H,72,84)(H,73,87)(H,74,90)(H,75,89)(H,76,88)(H,80,81)(H4,61,62,64)(H3,63,65,91)/t36-,38-,39-,40-,41-,42-,43-,44-/m0/s1. The van der Waals surface area contributed by atoms with Crippen molar-refractivity contribution in [1.82, 2.24) is 63.8 Å². The lowest BCUT2D eigenvalue weighted by Gasteiger charge is -2.33. The van der Waals surface area contributed by atoms with Crippen LogP contribution in [0.2, 0.25) is 0 Å². The van der Waals surface area contributed by atoms with Gasteiger partial charge < -0.3 is 90.8 Å². The highest BCUT2D eigenvalue weighted by molar-refractivity contribution is 5.99. The maximum atomic E-state index is 14.3. The number of ketones is 1. The number of carboxylic acid groups (broad SMARTS) is 1. The van der Waals surface area contributed by atoms with Gasteiger partial charge in [0.05, 0.1) is 18.6 Å². The lowest BCUT2D eigenvalue weighted by molar-refractivity contribution is -0.141. The molecule has 0 saturated heterocycles. The summed E-state index contributed by atoms with van der Waals surface area (Å²) >= 11 is 0. The summed E-state index contributed by atoms with van der Waals surface area (Å²) < 4.78 is 5.95. The number of hydrogen-bond donors (Lipinski definition) is 16. The molecule has 0 aromatic carbocycles. The number of carboxylic acids is 1. The maximum absolute atomic E-state index is 14.3. The summed E-state index contributed by atoms with van der Waals surface area (Å²) in [6.07, 6.45) is 0.175. The van der Waals surface area contributed by atoms with Crippen LogP contribution in [0.25, 0.3) is 0 Å². The van der Waals surface area contributed by atoms with Crippen LogP contribution in [0.4, 0.5) is 4.79 Å². The number of aliphatic imine (C=N–C) groups is 1. The number of urea groups is 1. The number of ether oxygens (including phenoxy) is 1. The molecule has 0 unspecified atom stereocenters. The largest absolute Gasteiger partial charge is 0.481 e. The quantitative estimate of drug-likeness (QED) is 0.0188. The fourth-order valence-electron chi connectivity index (χ4n) is 9.19. The smallest absolute Gasteiger partial charge is 0.312 e. The predicted octanol–water partition coefficient (Wildman–Crippen LogP) is -1.50. The van der Waals surface area contributed by atoms with Crippen molar-refractivity contribution in [2.45, 2.75) is 246 Å².